The van der Waals surface area contributed by atoms with Gasteiger partial charge < -0.3 is 25.0 Å². The van der Waals surface area contributed by atoms with Crippen LogP contribution in [0.2, 0.25) is 0 Å². The molecule has 0 saturated carbocycles. The minimum Gasteiger partial charge on any atom is -0.369 e. The van der Waals surface area contributed by atoms with Crippen molar-refractivity contribution in [1.29, 1.82) is 0 Å². The van der Waals surface area contributed by atoms with E-state index in [2.05, 4.69) is 10.6 Å². The molecule has 2 N–H and O–H groups in total. The van der Waals surface area contributed by atoms with Gasteiger partial charge in [0.15, 0.2) is 5.79 Å². The van der Waals surface area contributed by atoms with Crippen molar-refractivity contribution in [3.05, 3.63) is 59.8 Å². The molecule has 0 radical (unpaired) electrons. The smallest absolute Gasteiger partial charge is 0.257 e. The predicted octanol–water partition coefficient (Wildman–Crippen LogP) is 3.71. The molecule has 2 saturated heterocycles. The van der Waals surface area contributed by atoms with E-state index in [1.165, 1.54) is 30.5 Å². The molecule has 0 bridgehead atoms. The summed E-state index contributed by atoms with van der Waals surface area (Å²) in [7, 11) is 0. The van der Waals surface area contributed by atoms with Crippen LogP contribution in [0.25, 0.3) is 5.57 Å². The quantitative estimate of drug-likeness (QED) is 0.752. The number of hydrogen-bond donors (Lipinski definition) is 2. The number of ether oxygens (including phenoxy) is 2. The molecule has 2 fully saturated rings. The van der Waals surface area contributed by atoms with Gasteiger partial charge >= 0.3 is 0 Å². The van der Waals surface area contributed by atoms with Crippen LogP contribution in [-0.4, -0.2) is 38.0 Å². The standard InChI is InChI=1S/C22H21F2N3O3/c23-14-1-3-19-16(11-14)17(21(28)26-19)13-25-15-2-4-20(18(24)12-15)27-7-5-22(6-8-27)29-9-10-30-22/h1-4,11-13,25H,5-10H2,(H,26,28)/b17-13+. The number of nitrogens with one attached hydrogen (secondary N) is 2. The van der Waals surface area contributed by atoms with E-state index in [0.717, 1.165) is 0 Å². The van der Waals surface area contributed by atoms with E-state index in [-0.39, 0.29) is 11.7 Å². The predicted molar refractivity (Wildman–Crippen MR) is 109 cm³/mol. The third kappa shape index (κ3) is 3.42. The second kappa shape index (κ2) is 7.37. The van der Waals surface area contributed by atoms with E-state index in [9.17, 15) is 13.6 Å². The first-order valence-corrected chi connectivity index (χ1v) is 9.93. The Morgan fingerprint density at radius 3 is 2.57 bits per heavy atom. The summed E-state index contributed by atoms with van der Waals surface area (Å²) in [4.78, 5) is 14.1. The van der Waals surface area contributed by atoms with Crippen molar-refractivity contribution in [3.8, 4) is 0 Å². The first-order valence-electron chi connectivity index (χ1n) is 9.93. The fourth-order valence-corrected chi connectivity index (χ4v) is 4.19. The number of nitrogens with zero attached hydrogens (tertiary/aromatic N) is 1. The first-order chi connectivity index (χ1) is 14.5. The Morgan fingerprint density at radius 1 is 1.07 bits per heavy atom. The van der Waals surface area contributed by atoms with Crippen LogP contribution in [0.3, 0.4) is 0 Å². The summed E-state index contributed by atoms with van der Waals surface area (Å²) < 4.78 is 39.8. The highest BCUT2D eigenvalue weighted by molar-refractivity contribution is 6.31. The van der Waals surface area contributed by atoms with Gasteiger partial charge in [-0.3, -0.25) is 4.79 Å². The fourth-order valence-electron chi connectivity index (χ4n) is 4.19. The number of anilines is 3. The molecule has 0 unspecified atom stereocenters. The Hall–Kier alpha value is -2.97. The van der Waals surface area contributed by atoms with Crippen molar-refractivity contribution < 1.29 is 23.0 Å². The lowest BCUT2D eigenvalue weighted by Crippen LogP contribution is -2.45. The Morgan fingerprint density at radius 2 is 1.83 bits per heavy atom. The van der Waals surface area contributed by atoms with Gasteiger partial charge in [0.1, 0.15) is 11.6 Å². The van der Waals surface area contributed by atoms with Gasteiger partial charge in [-0.05, 0) is 36.4 Å². The van der Waals surface area contributed by atoms with Gasteiger partial charge in [-0.1, -0.05) is 0 Å². The van der Waals surface area contributed by atoms with Gasteiger partial charge in [-0.2, -0.15) is 0 Å². The van der Waals surface area contributed by atoms with Gasteiger partial charge in [0.2, 0.25) is 0 Å². The summed E-state index contributed by atoms with van der Waals surface area (Å²) in [5.41, 5.74) is 2.34. The van der Waals surface area contributed by atoms with Gasteiger partial charge in [0.25, 0.3) is 5.91 Å². The number of fused-ring (bicyclic) bond motifs is 1. The highest BCUT2D eigenvalue weighted by Crippen LogP contribution is 2.35. The van der Waals surface area contributed by atoms with E-state index >= 15 is 0 Å². The monoisotopic (exact) mass is 413 g/mol. The summed E-state index contributed by atoms with van der Waals surface area (Å²) >= 11 is 0. The van der Waals surface area contributed by atoms with E-state index in [1.807, 2.05) is 4.90 Å². The van der Waals surface area contributed by atoms with Crippen molar-refractivity contribution in [3.63, 3.8) is 0 Å². The fraction of sp³-hybridized carbons (Fsp3) is 0.318. The number of piperidine rings is 1. The van der Waals surface area contributed by atoms with Crippen molar-refractivity contribution in [2.75, 3.05) is 41.8 Å². The maximum Gasteiger partial charge on any atom is 0.257 e. The minimum absolute atomic E-state index is 0.298. The lowest BCUT2D eigenvalue weighted by molar-refractivity contribution is -0.169. The zero-order valence-corrected chi connectivity index (χ0v) is 16.2. The van der Waals surface area contributed by atoms with Crippen LogP contribution in [0.1, 0.15) is 18.4 Å². The summed E-state index contributed by atoms with van der Waals surface area (Å²) in [6, 6.07) is 8.96. The third-order valence-electron chi connectivity index (χ3n) is 5.77. The van der Waals surface area contributed by atoms with Crippen LogP contribution in [0.5, 0.6) is 0 Å². The number of amides is 1. The molecule has 3 aliphatic rings. The van der Waals surface area contributed by atoms with Crippen molar-refractivity contribution in [2.24, 2.45) is 0 Å². The molecule has 6 nitrogen and oxygen atoms in total. The van der Waals surface area contributed by atoms with Crippen molar-refractivity contribution in [2.45, 2.75) is 18.6 Å². The molecule has 2 aromatic carbocycles. The van der Waals surface area contributed by atoms with Crippen LogP contribution in [-0.2, 0) is 14.3 Å². The summed E-state index contributed by atoms with van der Waals surface area (Å²) in [5.74, 6) is -1.62. The Kier molecular flexibility index (Phi) is 4.67. The summed E-state index contributed by atoms with van der Waals surface area (Å²) in [6.07, 6.45) is 2.86. The third-order valence-corrected chi connectivity index (χ3v) is 5.77. The maximum atomic E-state index is 14.8. The number of halogens is 2. The van der Waals surface area contributed by atoms with E-state index < -0.39 is 11.6 Å². The molecule has 8 heteroatoms. The zero-order chi connectivity index (χ0) is 20.7. The van der Waals surface area contributed by atoms with Crippen molar-refractivity contribution >= 4 is 28.5 Å². The lowest BCUT2D eigenvalue weighted by atomic mass is 10.0. The molecule has 0 aromatic heterocycles. The largest absolute Gasteiger partial charge is 0.369 e. The molecule has 1 spiro atoms. The maximum absolute atomic E-state index is 14.8. The summed E-state index contributed by atoms with van der Waals surface area (Å²) in [6.45, 7) is 2.52. The number of carbonyl (C=O) groups is 1. The second-order valence-electron chi connectivity index (χ2n) is 7.61. The zero-order valence-electron chi connectivity index (χ0n) is 16.2. The molecule has 3 aliphatic heterocycles. The molecule has 3 heterocycles. The van der Waals surface area contributed by atoms with E-state index in [0.29, 0.717) is 67.3 Å². The molecule has 0 aliphatic carbocycles. The average Bonchev–Trinajstić information content (AvgIpc) is 3.31. The van der Waals surface area contributed by atoms with Crippen LogP contribution < -0.4 is 15.5 Å². The highest BCUT2D eigenvalue weighted by atomic mass is 19.1. The normalized spacial score (nSPS) is 21.2. The Labute approximate surface area is 172 Å². The number of carbonyl (C=O) groups excluding carboxylic acids is 1. The highest BCUT2D eigenvalue weighted by Gasteiger charge is 2.40. The second-order valence-corrected chi connectivity index (χ2v) is 7.61. The van der Waals surface area contributed by atoms with Crippen LogP contribution in [0.4, 0.5) is 25.8 Å². The summed E-state index contributed by atoms with van der Waals surface area (Å²) in [5, 5.41) is 5.62. The number of hydrogen-bond acceptors (Lipinski definition) is 5. The Bertz CT molecular complexity index is 1020. The number of rotatable bonds is 3. The molecular formula is C22H21F2N3O3. The van der Waals surface area contributed by atoms with E-state index in [1.54, 1.807) is 12.1 Å². The van der Waals surface area contributed by atoms with Gasteiger partial charge in [0, 0.05) is 49.1 Å². The minimum atomic E-state index is -0.502. The van der Waals surface area contributed by atoms with Crippen LogP contribution in [0.15, 0.2) is 42.6 Å². The first kappa shape index (κ1) is 19.0. The molecule has 156 valence electrons. The molecule has 30 heavy (non-hydrogen) atoms. The van der Waals surface area contributed by atoms with E-state index in [4.69, 9.17) is 9.47 Å². The lowest BCUT2D eigenvalue weighted by Gasteiger charge is -2.38. The van der Waals surface area contributed by atoms with Crippen molar-refractivity contribution in [1.82, 2.24) is 0 Å². The van der Waals surface area contributed by atoms with Gasteiger partial charge in [-0.25, -0.2) is 8.78 Å². The topological polar surface area (TPSA) is 62.8 Å². The molecule has 1 amide bonds. The SMILES string of the molecule is O=C1Nc2ccc(F)cc2/C1=C\Nc1ccc(N2CCC3(CC2)OCCO3)c(F)c1. The van der Waals surface area contributed by atoms with Crippen LogP contribution >= 0.6 is 0 Å². The van der Waals surface area contributed by atoms with Gasteiger partial charge in [-0.15, -0.1) is 0 Å². The molecule has 2 aromatic rings. The van der Waals surface area contributed by atoms with Gasteiger partial charge in [0.05, 0.1) is 24.5 Å². The molecule has 0 atom stereocenters. The molecule has 5 rings (SSSR count). The average molecular weight is 413 g/mol. The molecular weight excluding hydrogens is 392 g/mol. The Balaban J connectivity index is 1.30. The van der Waals surface area contributed by atoms with Crippen LogP contribution in [0, 0.1) is 11.6 Å². The number of benzene rings is 2.